The Bertz CT molecular complexity index is 1290. The summed E-state index contributed by atoms with van der Waals surface area (Å²) in [7, 11) is 11.3. The molecule has 274 valence electrons. The van der Waals surface area contributed by atoms with Crippen LogP contribution in [0, 0.1) is 90.5 Å². The van der Waals surface area contributed by atoms with Crippen molar-refractivity contribution in [2.24, 2.45) is 0 Å². The molecule has 1 saturated heterocycles. The van der Waals surface area contributed by atoms with Crippen LogP contribution in [0.5, 0.6) is 0 Å². The number of halogens is 2. The maximum atomic E-state index is 7.75. The van der Waals surface area contributed by atoms with Crippen LogP contribution in [0.3, 0.4) is 0 Å². The molecule has 0 spiro atoms. The maximum absolute atomic E-state index is 7.75. The Morgan fingerprint density at radius 1 is 0.521 bits per heavy atom. The van der Waals surface area contributed by atoms with Crippen molar-refractivity contribution in [1.82, 2.24) is 4.90 Å². The fourth-order valence-corrected chi connectivity index (χ4v) is 6.25. The Morgan fingerprint density at radius 3 is 1.04 bits per heavy atom. The van der Waals surface area contributed by atoms with E-state index in [2.05, 4.69) is 177 Å². The van der Waals surface area contributed by atoms with E-state index >= 15 is 0 Å². The summed E-state index contributed by atoms with van der Waals surface area (Å²) in [5.41, 5.74) is 16.1. The van der Waals surface area contributed by atoms with Crippen molar-refractivity contribution in [3.8, 4) is 0 Å². The van der Waals surface area contributed by atoms with Gasteiger partial charge in [0.25, 0.3) is 0 Å². The first-order chi connectivity index (χ1) is 21.9. The molecular weight excluding hydrogens is 817 g/mol. The van der Waals surface area contributed by atoms with Gasteiger partial charge in [0, 0.05) is 30.2 Å². The van der Waals surface area contributed by atoms with Crippen LogP contribution in [0.25, 0.3) is 0 Å². The molecule has 3 aromatic rings. The molecule has 2 aliphatic heterocycles. The van der Waals surface area contributed by atoms with E-state index < -0.39 is 0 Å². The summed E-state index contributed by atoms with van der Waals surface area (Å²) >= 11 is 3.24. The normalized spacial score (nSPS) is 12.2. The number of aryl methyl sites for hydroxylation is 9. The van der Waals surface area contributed by atoms with Gasteiger partial charge in [-0.1, -0.05) is 53.1 Å². The summed E-state index contributed by atoms with van der Waals surface area (Å²) in [5.74, 6) is 0. The van der Waals surface area contributed by atoms with E-state index in [1.165, 1.54) is 67.1 Å². The Kier molecular flexibility index (Phi) is 26.8. The number of nitrogens with zero attached hydrogens (tertiary/aromatic N) is 4. The van der Waals surface area contributed by atoms with Crippen molar-refractivity contribution in [1.29, 1.82) is 0 Å². The first kappa shape index (κ1) is 50.1. The quantitative estimate of drug-likeness (QED) is 0.149. The molecule has 2 aliphatic rings. The molecule has 0 bridgehead atoms. The third-order valence-corrected chi connectivity index (χ3v) is 7.37. The van der Waals surface area contributed by atoms with Gasteiger partial charge in [-0.2, -0.15) is 13.3 Å². The minimum absolute atomic E-state index is 0. The van der Waals surface area contributed by atoms with Crippen molar-refractivity contribution in [3.05, 3.63) is 127 Å². The average molecular weight is 872 g/mol. The Labute approximate surface area is 321 Å². The molecule has 0 saturated carbocycles. The van der Waals surface area contributed by atoms with Crippen LogP contribution in [0.4, 0.5) is 17.1 Å². The molecule has 0 radical (unpaired) electrons. The predicted molar refractivity (Wildman–Crippen MR) is 205 cm³/mol. The van der Waals surface area contributed by atoms with E-state index in [-0.39, 0.29) is 14.9 Å². The van der Waals surface area contributed by atoms with Crippen LogP contribution in [-0.2, 0) is 44.2 Å². The molecular formula is C38H54Cl2N4O2Ru2-6. The Morgan fingerprint density at radius 2 is 0.792 bits per heavy atom. The number of anilines is 3. The molecule has 48 heavy (non-hydrogen) atoms. The second-order valence-electron chi connectivity index (χ2n) is 11.2. The molecule has 0 amide bonds. The number of carbonyl (C=O) groups excluding carboxylic acids is 2. The van der Waals surface area contributed by atoms with Crippen molar-refractivity contribution in [2.75, 3.05) is 34.8 Å². The molecule has 5 rings (SSSR count). The molecule has 3 aromatic carbocycles. The summed E-state index contributed by atoms with van der Waals surface area (Å²) in [6.07, 6.45) is 4.14. The van der Waals surface area contributed by atoms with Gasteiger partial charge in [-0.15, -0.1) is 0 Å². The van der Waals surface area contributed by atoms with Crippen molar-refractivity contribution in [2.45, 2.75) is 62.3 Å². The third kappa shape index (κ3) is 13.9. The summed E-state index contributed by atoms with van der Waals surface area (Å²) in [6.45, 7) is 32.6. The Hall–Kier alpha value is -2.23. The molecule has 0 unspecified atom stereocenters. The molecule has 0 N–H and O–H groups in total. The summed E-state index contributed by atoms with van der Waals surface area (Å²) < 4.78 is 0. The van der Waals surface area contributed by atoms with Gasteiger partial charge in [-0.25, -0.2) is 0 Å². The number of hydrogen-bond donors (Lipinski definition) is 0. The minimum atomic E-state index is 0. The van der Waals surface area contributed by atoms with E-state index in [0.717, 1.165) is 13.1 Å². The van der Waals surface area contributed by atoms with Gasteiger partial charge < -0.3 is 44.0 Å². The fourth-order valence-electron chi connectivity index (χ4n) is 6.25. The SMILES string of the molecule is Cc1cc(C)c(N2C=CN(C)[CH-]2)c(C)c1.Cc1cc(C)c(N2[CH-]N(c3c(C)cc(C)cc3C)CC2)c(C)c1.[CH-]=O.[CH-]=O.[CH3-].[CH3-].[Cl][RuH].[Cl][RuH]. The van der Waals surface area contributed by atoms with Crippen LogP contribution >= 0.6 is 19.4 Å². The molecule has 0 atom stereocenters. The molecule has 0 aliphatic carbocycles. The van der Waals surface area contributed by atoms with Gasteiger partial charge in [-0.05, 0) is 115 Å². The zero-order chi connectivity index (χ0) is 35.7. The number of hydrogen-bond acceptors (Lipinski definition) is 6. The number of rotatable bonds is 3. The fraction of sp³-hybridized carbons (Fsp3) is 0.316. The number of benzene rings is 3. The van der Waals surface area contributed by atoms with Crippen LogP contribution in [-0.4, -0.2) is 38.6 Å². The zero-order valence-corrected chi connectivity index (χ0v) is 35.7. The molecule has 6 nitrogen and oxygen atoms in total. The van der Waals surface area contributed by atoms with Gasteiger partial charge in [0.15, 0.2) is 0 Å². The predicted octanol–water partition coefficient (Wildman–Crippen LogP) is 9.13. The van der Waals surface area contributed by atoms with Gasteiger partial charge in [0.1, 0.15) is 0 Å². The van der Waals surface area contributed by atoms with Crippen molar-refractivity contribution < 1.29 is 44.2 Å². The van der Waals surface area contributed by atoms with E-state index in [1.54, 1.807) is 34.6 Å². The van der Waals surface area contributed by atoms with E-state index in [4.69, 9.17) is 9.59 Å². The van der Waals surface area contributed by atoms with Crippen LogP contribution in [0.1, 0.15) is 50.1 Å². The molecule has 1 fully saturated rings. The van der Waals surface area contributed by atoms with Gasteiger partial charge in [0.2, 0.25) is 0 Å². The van der Waals surface area contributed by atoms with Gasteiger partial charge in [-0.3, -0.25) is 13.6 Å². The first-order valence-corrected chi connectivity index (χ1v) is 19.1. The monoisotopic (exact) mass is 872 g/mol. The molecule has 10 heteroatoms. The zero-order valence-electron chi connectivity index (χ0n) is 30.5. The average Bonchev–Trinajstić information content (AvgIpc) is 3.65. The van der Waals surface area contributed by atoms with Crippen LogP contribution < -0.4 is 14.7 Å². The van der Waals surface area contributed by atoms with Crippen molar-refractivity contribution >= 4 is 50.0 Å². The summed E-state index contributed by atoms with van der Waals surface area (Å²) in [5, 5.41) is 0. The summed E-state index contributed by atoms with van der Waals surface area (Å²) in [6, 6.07) is 13.6. The topological polar surface area (TPSA) is 47.1 Å². The van der Waals surface area contributed by atoms with Gasteiger partial charge >= 0.3 is 54.0 Å². The summed E-state index contributed by atoms with van der Waals surface area (Å²) in [4.78, 5) is 24.5. The standard InChI is InChI=1S/C21H27N2.C13H17N2.2CHO.2CH3.2ClH.2Ru.2H/c1-14-9-16(3)20(17(4)10-14)22-7-8-23(13-22)21-18(5)11-15(2)12-19(21)6;1-10-7-11(2)13(12(3)8-10)15-6-5-14(4)9-15;2*1-2;;;;;;;;/h9-13H,7-8H2,1-6H3;5-9H,1-4H3;2*1H;2*1H3;2*1H;;;;/q6*-1;;;2*+1;;/p-2. The van der Waals surface area contributed by atoms with E-state index in [0.29, 0.717) is 0 Å². The van der Waals surface area contributed by atoms with E-state index in [1.807, 2.05) is 7.05 Å². The molecule has 2 heterocycles. The van der Waals surface area contributed by atoms with Crippen LogP contribution in [0.15, 0.2) is 48.8 Å². The second-order valence-corrected chi connectivity index (χ2v) is 11.2. The molecule has 0 aromatic heterocycles. The van der Waals surface area contributed by atoms with Gasteiger partial charge in [0.05, 0.1) is 0 Å². The van der Waals surface area contributed by atoms with E-state index in [9.17, 15) is 0 Å². The van der Waals surface area contributed by atoms with Crippen LogP contribution in [0.2, 0.25) is 0 Å². The Balaban J connectivity index is -0.000000707. The second kappa shape index (κ2) is 25.7. The third-order valence-electron chi connectivity index (χ3n) is 7.37. The van der Waals surface area contributed by atoms with Crippen molar-refractivity contribution in [3.63, 3.8) is 0 Å². The first-order valence-electron chi connectivity index (χ1n) is 14.4.